The average molecular weight is 164 g/mol. The standard InChI is InChI=1S/C12H20/c1-3-11(2)9-10-12-7-5-4-6-8-12/h5,7,12H,2-4,6,8-10H2,1H3. The Balaban J connectivity index is 2.17. The molecule has 0 aromatic heterocycles. The third-order valence-electron chi connectivity index (χ3n) is 2.72. The van der Waals surface area contributed by atoms with E-state index in [4.69, 9.17) is 0 Å². The maximum atomic E-state index is 4.03. The van der Waals surface area contributed by atoms with Crippen molar-refractivity contribution in [2.75, 3.05) is 0 Å². The van der Waals surface area contributed by atoms with E-state index < -0.39 is 0 Å². The summed E-state index contributed by atoms with van der Waals surface area (Å²) in [6.45, 7) is 6.23. The molecule has 0 heterocycles. The molecule has 1 aliphatic rings. The molecule has 1 unspecified atom stereocenters. The van der Waals surface area contributed by atoms with Crippen molar-refractivity contribution in [1.82, 2.24) is 0 Å². The van der Waals surface area contributed by atoms with E-state index in [1.165, 1.54) is 37.7 Å². The van der Waals surface area contributed by atoms with Crippen LogP contribution in [0.4, 0.5) is 0 Å². The van der Waals surface area contributed by atoms with Gasteiger partial charge in [-0.2, -0.15) is 0 Å². The molecule has 0 radical (unpaired) electrons. The first-order valence-electron chi connectivity index (χ1n) is 5.16. The van der Waals surface area contributed by atoms with Gasteiger partial charge in [0.25, 0.3) is 0 Å². The van der Waals surface area contributed by atoms with Crippen molar-refractivity contribution in [1.29, 1.82) is 0 Å². The number of rotatable bonds is 4. The number of hydrogen-bond donors (Lipinski definition) is 0. The Hall–Kier alpha value is -0.520. The fourth-order valence-electron chi connectivity index (χ4n) is 1.69. The van der Waals surface area contributed by atoms with Gasteiger partial charge in [0.1, 0.15) is 0 Å². The van der Waals surface area contributed by atoms with Crippen LogP contribution in [0.15, 0.2) is 24.3 Å². The molecule has 0 amide bonds. The first kappa shape index (κ1) is 9.57. The van der Waals surface area contributed by atoms with Crippen molar-refractivity contribution >= 4 is 0 Å². The zero-order valence-electron chi connectivity index (χ0n) is 8.18. The molecule has 1 rings (SSSR count). The summed E-state index contributed by atoms with van der Waals surface area (Å²) in [5.74, 6) is 0.849. The Labute approximate surface area is 76.4 Å². The van der Waals surface area contributed by atoms with Crippen LogP contribution in [0, 0.1) is 5.92 Å². The van der Waals surface area contributed by atoms with E-state index in [1.54, 1.807) is 0 Å². The molecule has 0 saturated carbocycles. The predicted molar refractivity (Wildman–Crippen MR) is 55.1 cm³/mol. The quantitative estimate of drug-likeness (QED) is 0.549. The Kier molecular flexibility index (Phi) is 4.13. The molecule has 0 spiro atoms. The van der Waals surface area contributed by atoms with Crippen molar-refractivity contribution < 1.29 is 0 Å². The van der Waals surface area contributed by atoms with Gasteiger partial charge in [0.05, 0.1) is 0 Å². The lowest BCUT2D eigenvalue weighted by Gasteiger charge is -2.16. The molecule has 12 heavy (non-hydrogen) atoms. The average Bonchev–Trinajstić information content (AvgIpc) is 2.16. The Morgan fingerprint density at radius 3 is 3.00 bits per heavy atom. The van der Waals surface area contributed by atoms with Gasteiger partial charge in [0, 0.05) is 0 Å². The topological polar surface area (TPSA) is 0 Å². The second-order valence-corrected chi connectivity index (χ2v) is 3.76. The first-order valence-corrected chi connectivity index (χ1v) is 5.16. The van der Waals surface area contributed by atoms with Crippen molar-refractivity contribution in [2.24, 2.45) is 5.92 Å². The first-order chi connectivity index (χ1) is 5.83. The normalized spacial score (nSPS) is 22.6. The summed E-state index contributed by atoms with van der Waals surface area (Å²) in [6.07, 6.45) is 12.5. The fourth-order valence-corrected chi connectivity index (χ4v) is 1.69. The minimum Gasteiger partial charge on any atom is -0.0999 e. The van der Waals surface area contributed by atoms with E-state index in [9.17, 15) is 0 Å². The highest BCUT2D eigenvalue weighted by molar-refractivity contribution is 4.97. The van der Waals surface area contributed by atoms with Gasteiger partial charge in [-0.3, -0.25) is 0 Å². The molecular weight excluding hydrogens is 144 g/mol. The molecule has 0 bridgehead atoms. The van der Waals surface area contributed by atoms with Crippen LogP contribution in [-0.4, -0.2) is 0 Å². The van der Waals surface area contributed by atoms with Crippen LogP contribution in [0.5, 0.6) is 0 Å². The molecule has 0 saturated heterocycles. The van der Waals surface area contributed by atoms with Crippen molar-refractivity contribution in [3.05, 3.63) is 24.3 Å². The minimum atomic E-state index is 0.849. The van der Waals surface area contributed by atoms with E-state index >= 15 is 0 Å². The molecular formula is C12H20. The minimum absolute atomic E-state index is 0.849. The maximum Gasteiger partial charge on any atom is -0.0230 e. The lowest BCUT2D eigenvalue weighted by atomic mass is 9.90. The van der Waals surface area contributed by atoms with Crippen LogP contribution in [0.2, 0.25) is 0 Å². The summed E-state index contributed by atoms with van der Waals surface area (Å²) >= 11 is 0. The molecule has 0 aromatic carbocycles. The van der Waals surface area contributed by atoms with Crippen molar-refractivity contribution in [3.8, 4) is 0 Å². The van der Waals surface area contributed by atoms with Crippen LogP contribution >= 0.6 is 0 Å². The summed E-state index contributed by atoms with van der Waals surface area (Å²) in [4.78, 5) is 0. The van der Waals surface area contributed by atoms with Gasteiger partial charge in [-0.15, -0.1) is 0 Å². The van der Waals surface area contributed by atoms with Gasteiger partial charge in [0.15, 0.2) is 0 Å². The molecule has 0 N–H and O–H groups in total. The lowest BCUT2D eigenvalue weighted by Crippen LogP contribution is -2.00. The van der Waals surface area contributed by atoms with Gasteiger partial charge in [-0.25, -0.2) is 0 Å². The van der Waals surface area contributed by atoms with Gasteiger partial charge in [0.2, 0.25) is 0 Å². The van der Waals surface area contributed by atoms with E-state index in [0.717, 1.165) is 12.3 Å². The smallest absolute Gasteiger partial charge is 0.0230 e. The predicted octanol–water partition coefficient (Wildman–Crippen LogP) is 4.09. The van der Waals surface area contributed by atoms with Crippen molar-refractivity contribution in [3.63, 3.8) is 0 Å². The Morgan fingerprint density at radius 2 is 2.42 bits per heavy atom. The summed E-state index contributed by atoms with van der Waals surface area (Å²) in [5.41, 5.74) is 1.41. The van der Waals surface area contributed by atoms with Crippen LogP contribution in [-0.2, 0) is 0 Å². The van der Waals surface area contributed by atoms with E-state index in [1.807, 2.05) is 0 Å². The highest BCUT2D eigenvalue weighted by Crippen LogP contribution is 2.23. The van der Waals surface area contributed by atoms with E-state index in [-0.39, 0.29) is 0 Å². The SMILES string of the molecule is C=C(CC)CCC1C=CCCC1. The van der Waals surface area contributed by atoms with Gasteiger partial charge in [-0.1, -0.05) is 31.2 Å². The largest absolute Gasteiger partial charge is 0.0999 e. The Morgan fingerprint density at radius 1 is 1.58 bits per heavy atom. The zero-order valence-corrected chi connectivity index (χ0v) is 8.18. The molecule has 1 atom stereocenters. The molecule has 0 nitrogen and oxygen atoms in total. The van der Waals surface area contributed by atoms with Crippen molar-refractivity contribution in [2.45, 2.75) is 45.4 Å². The molecule has 0 aliphatic heterocycles. The highest BCUT2D eigenvalue weighted by Gasteiger charge is 2.07. The molecule has 0 heteroatoms. The van der Waals surface area contributed by atoms with Gasteiger partial charge in [-0.05, 0) is 44.4 Å². The van der Waals surface area contributed by atoms with Crippen LogP contribution in [0.3, 0.4) is 0 Å². The van der Waals surface area contributed by atoms with Gasteiger partial charge < -0.3 is 0 Å². The monoisotopic (exact) mass is 164 g/mol. The summed E-state index contributed by atoms with van der Waals surface area (Å²) < 4.78 is 0. The summed E-state index contributed by atoms with van der Waals surface area (Å²) in [7, 11) is 0. The highest BCUT2D eigenvalue weighted by atomic mass is 14.1. The molecule has 68 valence electrons. The number of allylic oxidation sites excluding steroid dienone is 3. The molecule has 0 aromatic rings. The summed E-state index contributed by atoms with van der Waals surface area (Å²) in [5, 5.41) is 0. The van der Waals surface area contributed by atoms with E-state index in [0.29, 0.717) is 0 Å². The summed E-state index contributed by atoms with van der Waals surface area (Å²) in [6, 6.07) is 0. The second-order valence-electron chi connectivity index (χ2n) is 3.76. The Bertz CT molecular complexity index is 165. The lowest BCUT2D eigenvalue weighted by molar-refractivity contribution is 0.503. The molecule has 0 fully saturated rings. The third kappa shape index (κ3) is 3.25. The van der Waals surface area contributed by atoms with E-state index in [2.05, 4.69) is 25.7 Å². The van der Waals surface area contributed by atoms with Crippen LogP contribution < -0.4 is 0 Å². The zero-order chi connectivity index (χ0) is 8.81. The van der Waals surface area contributed by atoms with Gasteiger partial charge >= 0.3 is 0 Å². The third-order valence-corrected chi connectivity index (χ3v) is 2.72. The fraction of sp³-hybridized carbons (Fsp3) is 0.667. The number of hydrogen-bond acceptors (Lipinski definition) is 0. The van der Waals surface area contributed by atoms with Crippen LogP contribution in [0.1, 0.15) is 45.4 Å². The second kappa shape index (κ2) is 5.18. The maximum absolute atomic E-state index is 4.03. The van der Waals surface area contributed by atoms with Crippen LogP contribution in [0.25, 0.3) is 0 Å². The molecule has 1 aliphatic carbocycles.